The first-order valence-corrected chi connectivity index (χ1v) is 12.1. The Kier molecular flexibility index (Phi) is 15.4. The highest BCUT2D eigenvalue weighted by molar-refractivity contribution is 9.10. The number of hydrogen-bond acceptors (Lipinski definition) is 6. The van der Waals surface area contributed by atoms with E-state index in [9.17, 15) is 53.1 Å². The highest BCUT2D eigenvalue weighted by Gasteiger charge is 2.43. The summed E-state index contributed by atoms with van der Waals surface area (Å²) in [5.41, 5.74) is -10.4. The Labute approximate surface area is 196 Å². The number of rotatable bonds is 3. The Bertz CT molecular complexity index is 887. The fourth-order valence-electron chi connectivity index (χ4n) is 1.26. The summed E-state index contributed by atoms with van der Waals surface area (Å²) in [6, 6.07) is 6.29. The van der Waals surface area contributed by atoms with E-state index in [-0.39, 0.29) is 5.56 Å². The molecule has 0 aliphatic rings. The number of quaternary nitrogens is 1. The zero-order chi connectivity index (χ0) is 27.5. The number of alkyl halides is 6. The highest BCUT2D eigenvalue weighted by Crippen LogP contribution is 2.19. The largest absolute Gasteiger partial charge is 0.545 e. The lowest BCUT2D eigenvalue weighted by atomic mass is 10.2. The van der Waals surface area contributed by atoms with Crippen LogP contribution in [0.3, 0.4) is 0 Å². The van der Waals surface area contributed by atoms with Crippen LogP contribution >= 0.6 is 15.9 Å². The molecule has 0 atom stereocenters. The summed E-state index contributed by atoms with van der Waals surface area (Å²) in [6.45, 7) is 3.49. The number of halogens is 7. The minimum atomic E-state index is -5.34. The van der Waals surface area contributed by atoms with E-state index in [1.54, 1.807) is 12.1 Å². The van der Waals surface area contributed by atoms with Crippen molar-refractivity contribution >= 4 is 41.9 Å². The summed E-state index contributed by atoms with van der Waals surface area (Å²) in [6.07, 6.45) is 1.28. The second-order valence-corrected chi connectivity index (χ2v) is 10.8. The van der Waals surface area contributed by atoms with E-state index < -0.39 is 37.0 Å². The molecule has 196 valence electrons. The van der Waals surface area contributed by atoms with Crippen LogP contribution in [0.15, 0.2) is 28.7 Å². The molecular weight excluding hydrogens is 576 g/mol. The van der Waals surface area contributed by atoms with E-state index in [0.29, 0.717) is 0 Å². The lowest BCUT2D eigenvalue weighted by Crippen LogP contribution is -2.34. The monoisotopic (exact) mass is 599 g/mol. The molecule has 9 nitrogen and oxygen atoms in total. The molecule has 0 bridgehead atoms. The fraction of sp³-hybridized carbons (Fsp3) is 0.533. The number of benzene rings is 1. The van der Waals surface area contributed by atoms with Crippen LogP contribution in [0, 0.1) is 0 Å². The molecule has 1 rings (SSSR count). The molecule has 0 amide bonds. The smallest absolute Gasteiger partial charge is 0.511 e. The molecule has 0 aliphatic heterocycles. The van der Waals surface area contributed by atoms with Crippen LogP contribution in [-0.4, -0.2) is 66.0 Å². The lowest BCUT2D eigenvalue weighted by molar-refractivity contribution is -0.870. The normalized spacial score (nSPS) is 12.2. The number of sulfonamides is 2. The minimum Gasteiger partial charge on any atom is -0.545 e. The van der Waals surface area contributed by atoms with E-state index in [1.165, 1.54) is 25.1 Å². The van der Waals surface area contributed by atoms with Crippen LogP contribution in [0.25, 0.3) is 0 Å². The molecular formula is C15H24BrF6N3O6S2. The zero-order valence-electron chi connectivity index (χ0n) is 17.7. The average Bonchev–Trinajstić information content (AvgIpc) is 2.52. The summed E-state index contributed by atoms with van der Waals surface area (Å²) in [5.74, 6) is -1.15. The molecule has 33 heavy (non-hydrogen) atoms. The maximum absolute atomic E-state index is 10.8. The summed E-state index contributed by atoms with van der Waals surface area (Å²) >= 11 is 3.18. The van der Waals surface area contributed by atoms with Gasteiger partial charge in [0.25, 0.3) is 0 Å². The number of primary sulfonamides is 2. The quantitative estimate of drug-likeness (QED) is 0.395. The molecule has 4 N–H and O–H groups in total. The number of carbonyl (C=O) groups is 1. The third-order valence-electron chi connectivity index (χ3n) is 2.62. The molecule has 0 heterocycles. The molecule has 0 saturated carbocycles. The van der Waals surface area contributed by atoms with Crippen molar-refractivity contribution in [3.05, 3.63) is 34.3 Å². The second-order valence-electron chi connectivity index (χ2n) is 6.79. The Morgan fingerprint density at radius 2 is 1.18 bits per heavy atom. The molecule has 0 unspecified atom stereocenters. The van der Waals surface area contributed by atoms with Gasteiger partial charge in [-0.25, -0.2) is 27.1 Å². The van der Waals surface area contributed by atoms with Gasteiger partial charge >= 0.3 is 31.1 Å². The molecule has 0 radical (unpaired) electrons. The Hall–Kier alpha value is -1.47. The number of carbonyl (C=O) groups excluding carboxylic acids is 1. The number of aromatic carboxylic acids is 1. The van der Waals surface area contributed by atoms with E-state index in [2.05, 4.69) is 54.3 Å². The first-order valence-electron chi connectivity index (χ1n) is 8.21. The number of nitrogens with two attached hydrogens (primary N) is 2. The Morgan fingerprint density at radius 3 is 1.30 bits per heavy atom. The number of carboxylic acid groups (broad SMARTS) is 1. The predicted molar refractivity (Wildman–Crippen MR) is 110 cm³/mol. The zero-order valence-corrected chi connectivity index (χ0v) is 21.0. The predicted octanol–water partition coefficient (Wildman–Crippen LogP) is 1.50. The van der Waals surface area contributed by atoms with Crippen LogP contribution in [-0.2, 0) is 20.0 Å². The van der Waals surface area contributed by atoms with E-state index >= 15 is 0 Å². The number of hydrogen-bond donors (Lipinski definition) is 2. The molecule has 1 aromatic rings. The van der Waals surface area contributed by atoms with Gasteiger partial charge in [0.2, 0.25) is 0 Å². The van der Waals surface area contributed by atoms with Crippen LogP contribution in [0.1, 0.15) is 23.7 Å². The van der Waals surface area contributed by atoms with Gasteiger partial charge in [-0.1, -0.05) is 35.0 Å². The average molecular weight is 600 g/mol. The molecule has 0 aliphatic carbocycles. The van der Waals surface area contributed by atoms with E-state index in [4.69, 9.17) is 0 Å². The van der Waals surface area contributed by atoms with Gasteiger partial charge in [-0.15, -0.1) is 0 Å². The van der Waals surface area contributed by atoms with Gasteiger partial charge in [0.15, 0.2) is 0 Å². The fourth-order valence-corrected chi connectivity index (χ4v) is 1.52. The van der Waals surface area contributed by atoms with Gasteiger partial charge in [-0.3, -0.25) is 0 Å². The van der Waals surface area contributed by atoms with Crippen molar-refractivity contribution < 1.29 is 57.6 Å². The summed E-state index contributed by atoms with van der Waals surface area (Å²) in [5, 5.41) is 17.5. The first kappa shape index (κ1) is 36.1. The first-order chi connectivity index (χ1) is 14.3. The third-order valence-corrected chi connectivity index (χ3v) is 4.44. The number of carboxylic acids is 1. The summed E-state index contributed by atoms with van der Waals surface area (Å²) in [4.78, 5) is 10.2. The van der Waals surface area contributed by atoms with Crippen LogP contribution in [0.5, 0.6) is 0 Å². The van der Waals surface area contributed by atoms with Crippen LogP contribution in [0.2, 0.25) is 0 Å². The molecule has 0 saturated heterocycles. The van der Waals surface area contributed by atoms with Crippen molar-refractivity contribution in [2.24, 2.45) is 10.3 Å². The van der Waals surface area contributed by atoms with Crippen molar-refractivity contribution in [3.8, 4) is 0 Å². The Morgan fingerprint density at radius 1 is 0.909 bits per heavy atom. The van der Waals surface area contributed by atoms with Gasteiger partial charge in [0, 0.05) is 4.47 Å². The van der Waals surface area contributed by atoms with Crippen molar-refractivity contribution in [1.82, 2.24) is 0 Å². The lowest BCUT2D eigenvalue weighted by Gasteiger charge is -2.22. The van der Waals surface area contributed by atoms with Crippen molar-refractivity contribution in [2.75, 3.05) is 27.7 Å². The third kappa shape index (κ3) is 20.8. The van der Waals surface area contributed by atoms with Crippen molar-refractivity contribution in [2.45, 2.75) is 24.4 Å². The van der Waals surface area contributed by atoms with Crippen molar-refractivity contribution in [1.29, 1.82) is 0 Å². The van der Waals surface area contributed by atoms with Gasteiger partial charge in [0.1, 0.15) is 0 Å². The molecule has 0 fully saturated rings. The summed E-state index contributed by atoms with van der Waals surface area (Å²) in [7, 11) is -4.05. The Balaban J connectivity index is -0.000000368. The SMILES string of the molecule is CCC[N+](C)(C)C.NS(=O)(=O)C(F)(F)F.NS(=O)(=O)C(F)(F)F.O=C([O-])c1ccc(Br)cc1. The van der Waals surface area contributed by atoms with Gasteiger partial charge in [0.05, 0.1) is 33.7 Å². The summed E-state index contributed by atoms with van der Waals surface area (Å²) < 4.78 is 104. The molecule has 0 spiro atoms. The minimum absolute atomic E-state index is 0.197. The van der Waals surface area contributed by atoms with Crippen molar-refractivity contribution in [3.63, 3.8) is 0 Å². The topological polar surface area (TPSA) is 160 Å². The van der Waals surface area contributed by atoms with Crippen LogP contribution in [0.4, 0.5) is 26.3 Å². The number of nitrogens with zero attached hydrogens (tertiary/aromatic N) is 1. The standard InChI is InChI=1S/C7H5BrO2.C6H16N.2CH2F3NO2S/c8-6-3-1-5(2-4-6)7(9)10;1-5-6-7(2,3)4;2*2-1(3,4)8(5,6)7/h1-4H,(H,9,10);5-6H2,1-4H3;2*(H2,5,6,7)/q;+1;;/p-1. The maximum atomic E-state index is 10.8. The van der Waals surface area contributed by atoms with E-state index in [0.717, 1.165) is 8.96 Å². The van der Waals surface area contributed by atoms with Gasteiger partial charge < -0.3 is 14.4 Å². The van der Waals surface area contributed by atoms with Gasteiger partial charge in [-0.05, 0) is 24.1 Å². The van der Waals surface area contributed by atoms with E-state index in [1.807, 2.05) is 0 Å². The highest BCUT2D eigenvalue weighted by atomic mass is 79.9. The van der Waals surface area contributed by atoms with Gasteiger partial charge in [-0.2, -0.15) is 26.3 Å². The molecule has 0 aromatic heterocycles. The second kappa shape index (κ2) is 14.1. The molecule has 1 aromatic carbocycles. The van der Waals surface area contributed by atoms with Crippen LogP contribution < -0.4 is 15.4 Å². The molecule has 18 heteroatoms. The maximum Gasteiger partial charge on any atom is 0.511 e.